The van der Waals surface area contributed by atoms with Gasteiger partial charge in [0.05, 0.1) is 19.4 Å². The number of methoxy groups -OCH3 is 1. The van der Waals surface area contributed by atoms with Crippen molar-refractivity contribution in [2.45, 2.75) is 19.8 Å². The summed E-state index contributed by atoms with van der Waals surface area (Å²) in [5.41, 5.74) is 3.44. The van der Waals surface area contributed by atoms with Crippen LogP contribution in [0.5, 0.6) is 5.75 Å². The molecule has 28 heavy (non-hydrogen) atoms. The summed E-state index contributed by atoms with van der Waals surface area (Å²) in [5.74, 6) is 10.6. The van der Waals surface area contributed by atoms with Crippen molar-refractivity contribution in [2.75, 3.05) is 26.8 Å². The third-order valence-corrected chi connectivity index (χ3v) is 4.30. The van der Waals surface area contributed by atoms with Crippen LogP contribution < -0.4 is 15.4 Å². The third kappa shape index (κ3) is 5.94. The molecule has 0 aliphatic carbocycles. The van der Waals surface area contributed by atoms with E-state index in [1.165, 1.54) is 0 Å². The summed E-state index contributed by atoms with van der Waals surface area (Å²) >= 11 is 0. The Balaban J connectivity index is 2.30. The number of rotatable bonds is 8. The number of ether oxygens (including phenoxy) is 1. The number of aliphatic hydroxyl groups excluding tert-OH is 1. The molecule has 1 aromatic rings. The van der Waals surface area contributed by atoms with Gasteiger partial charge >= 0.3 is 0 Å². The third-order valence-electron chi connectivity index (χ3n) is 4.30. The molecule has 5 nitrogen and oxygen atoms in total. The zero-order valence-electron chi connectivity index (χ0n) is 16.5. The van der Waals surface area contributed by atoms with Gasteiger partial charge in [-0.05, 0) is 37.0 Å². The lowest BCUT2D eigenvalue weighted by Crippen LogP contribution is -2.27. The smallest absolute Gasteiger partial charge is 0.132 e. The predicted octanol–water partition coefficient (Wildman–Crippen LogP) is 2.45. The molecule has 0 bridgehead atoms. The molecule has 0 radical (unpaired) electrons. The minimum Gasteiger partial charge on any atom is -0.497 e. The fourth-order valence-electron chi connectivity index (χ4n) is 2.75. The normalized spacial score (nSPS) is 15.6. The van der Waals surface area contributed by atoms with E-state index in [4.69, 9.17) is 21.3 Å². The summed E-state index contributed by atoms with van der Waals surface area (Å²) in [6.07, 6.45) is 6.73. The van der Waals surface area contributed by atoms with Crippen LogP contribution in [0, 0.1) is 30.1 Å². The van der Waals surface area contributed by atoms with Crippen LogP contribution >= 0.6 is 0 Å². The first-order valence-corrected chi connectivity index (χ1v) is 9.28. The van der Waals surface area contributed by atoms with Crippen LogP contribution in [0.1, 0.15) is 25.3 Å². The Hall–Kier alpha value is -3.15. The van der Waals surface area contributed by atoms with Crippen molar-refractivity contribution in [3.05, 3.63) is 53.5 Å². The van der Waals surface area contributed by atoms with Crippen molar-refractivity contribution in [1.29, 1.82) is 0 Å². The summed E-state index contributed by atoms with van der Waals surface area (Å²) in [6, 6.07) is 7.64. The lowest BCUT2D eigenvalue weighted by molar-refractivity contribution is 0.287. The highest BCUT2D eigenvalue weighted by Gasteiger charge is 2.22. The highest BCUT2D eigenvalue weighted by atomic mass is 16.5. The van der Waals surface area contributed by atoms with Crippen molar-refractivity contribution in [2.24, 2.45) is 10.9 Å². The second kappa shape index (κ2) is 10.9. The molecule has 1 aromatic carbocycles. The molecule has 0 fully saturated rings. The lowest BCUT2D eigenvalue weighted by Gasteiger charge is -2.24. The van der Waals surface area contributed by atoms with E-state index in [9.17, 15) is 0 Å². The van der Waals surface area contributed by atoms with Crippen LogP contribution in [0.25, 0.3) is 0 Å². The summed E-state index contributed by atoms with van der Waals surface area (Å²) in [6.45, 7) is 7.34. The maximum absolute atomic E-state index is 9.06. The number of nitrogens with zero attached hydrogens (tertiary/aromatic N) is 1. The van der Waals surface area contributed by atoms with E-state index in [0.29, 0.717) is 19.5 Å². The molecule has 1 aliphatic rings. The zero-order chi connectivity index (χ0) is 20.4. The highest BCUT2D eigenvalue weighted by molar-refractivity contribution is 6.03. The molecule has 3 N–H and O–H groups in total. The molecule has 1 unspecified atom stereocenters. The fourth-order valence-corrected chi connectivity index (χ4v) is 2.75. The second-order valence-corrected chi connectivity index (χ2v) is 6.45. The lowest BCUT2D eigenvalue weighted by atomic mass is 9.92. The number of hydrogen-bond donors (Lipinski definition) is 3. The Bertz CT molecular complexity index is 866. The predicted molar refractivity (Wildman–Crippen MR) is 114 cm³/mol. The average molecular weight is 377 g/mol. The van der Waals surface area contributed by atoms with Gasteiger partial charge in [-0.2, -0.15) is 0 Å². The maximum atomic E-state index is 9.06. The fraction of sp³-hybridized carbons (Fsp3) is 0.348. The molecule has 0 aromatic heterocycles. The summed E-state index contributed by atoms with van der Waals surface area (Å²) in [7, 11) is 1.64. The molecule has 5 heteroatoms. The van der Waals surface area contributed by atoms with Gasteiger partial charge in [-0.1, -0.05) is 31.4 Å². The van der Waals surface area contributed by atoms with Gasteiger partial charge < -0.3 is 20.5 Å². The van der Waals surface area contributed by atoms with Crippen LogP contribution in [-0.4, -0.2) is 37.6 Å². The molecular formula is C23H27N3O2. The van der Waals surface area contributed by atoms with E-state index >= 15 is 0 Å². The largest absolute Gasteiger partial charge is 0.497 e. The van der Waals surface area contributed by atoms with Gasteiger partial charge in [0.15, 0.2) is 0 Å². The van der Waals surface area contributed by atoms with Gasteiger partial charge in [0, 0.05) is 35.9 Å². The topological polar surface area (TPSA) is 65.9 Å². The summed E-state index contributed by atoms with van der Waals surface area (Å²) < 4.78 is 5.25. The average Bonchev–Trinajstić information content (AvgIpc) is 2.72. The molecule has 1 aliphatic heterocycles. The van der Waals surface area contributed by atoms with Crippen LogP contribution in [0.2, 0.25) is 0 Å². The van der Waals surface area contributed by atoms with Crippen molar-refractivity contribution in [3.8, 4) is 29.9 Å². The molecule has 0 spiro atoms. The van der Waals surface area contributed by atoms with Gasteiger partial charge in [-0.15, -0.1) is 6.42 Å². The molecule has 0 saturated heterocycles. The Morgan fingerprint density at radius 3 is 2.96 bits per heavy atom. The number of aliphatic hydroxyl groups is 1. The first kappa shape index (κ1) is 21.2. The van der Waals surface area contributed by atoms with Crippen LogP contribution in [-0.2, 0) is 0 Å². The van der Waals surface area contributed by atoms with Crippen LogP contribution in [0.3, 0.4) is 0 Å². The van der Waals surface area contributed by atoms with Crippen molar-refractivity contribution in [3.63, 3.8) is 0 Å². The Morgan fingerprint density at radius 1 is 1.43 bits per heavy atom. The van der Waals surface area contributed by atoms with Gasteiger partial charge in [-0.3, -0.25) is 0 Å². The van der Waals surface area contributed by atoms with E-state index < -0.39 is 0 Å². The number of allylic oxidation sites excluding steroid dienone is 1. The molecule has 0 amide bonds. The Morgan fingerprint density at radius 2 is 2.25 bits per heavy atom. The SMILES string of the molecule is C#CCNC(=C)C1=C(NCCCO)N=C(C#Cc2cccc(OC)c2)C(C)C1. The minimum atomic E-state index is 0.120. The van der Waals surface area contributed by atoms with Crippen LogP contribution in [0.4, 0.5) is 0 Å². The number of hydrogen-bond acceptors (Lipinski definition) is 5. The monoisotopic (exact) mass is 377 g/mol. The number of nitrogens with one attached hydrogen (secondary N) is 2. The maximum Gasteiger partial charge on any atom is 0.132 e. The first-order valence-electron chi connectivity index (χ1n) is 9.28. The molecule has 2 rings (SSSR count). The van der Waals surface area contributed by atoms with Gasteiger partial charge in [0.1, 0.15) is 11.6 Å². The quantitative estimate of drug-likeness (QED) is 0.481. The van der Waals surface area contributed by atoms with E-state index in [-0.39, 0.29) is 12.5 Å². The standard InChI is InChI=1S/C23H27N3O2/c1-5-12-24-18(3)21-15-17(2)22(26-23(21)25-13-7-14-27)11-10-19-8-6-9-20(16-19)28-4/h1,6,8-9,16-17,24-25,27H,3,7,12-15H2,2,4H3. The molecule has 1 atom stereocenters. The molecule has 1 heterocycles. The molecule has 0 saturated carbocycles. The second-order valence-electron chi connectivity index (χ2n) is 6.45. The van der Waals surface area contributed by atoms with Crippen molar-refractivity contribution in [1.82, 2.24) is 10.6 Å². The Kier molecular flexibility index (Phi) is 8.21. The van der Waals surface area contributed by atoms with Gasteiger partial charge in [0.25, 0.3) is 0 Å². The Labute approximate surface area is 167 Å². The first-order chi connectivity index (χ1) is 13.6. The van der Waals surface area contributed by atoms with E-state index in [1.54, 1.807) is 7.11 Å². The minimum absolute atomic E-state index is 0.120. The zero-order valence-corrected chi connectivity index (χ0v) is 16.5. The molecule has 146 valence electrons. The van der Waals surface area contributed by atoms with E-state index in [0.717, 1.165) is 40.5 Å². The van der Waals surface area contributed by atoms with E-state index in [1.807, 2.05) is 24.3 Å². The summed E-state index contributed by atoms with van der Waals surface area (Å²) in [5, 5.41) is 15.5. The number of aliphatic imine (C=N–C) groups is 1. The van der Waals surface area contributed by atoms with Crippen LogP contribution in [0.15, 0.2) is 52.9 Å². The van der Waals surface area contributed by atoms with E-state index in [2.05, 4.69) is 41.9 Å². The van der Waals surface area contributed by atoms with Gasteiger partial charge in [-0.25, -0.2) is 4.99 Å². The van der Waals surface area contributed by atoms with Crippen molar-refractivity contribution < 1.29 is 9.84 Å². The molecular weight excluding hydrogens is 350 g/mol. The summed E-state index contributed by atoms with van der Waals surface area (Å²) in [4.78, 5) is 4.75. The number of terminal acetylenes is 1. The highest BCUT2D eigenvalue weighted by Crippen LogP contribution is 2.26. The number of benzene rings is 1. The van der Waals surface area contributed by atoms with Gasteiger partial charge in [0.2, 0.25) is 0 Å². The van der Waals surface area contributed by atoms with Crippen molar-refractivity contribution >= 4 is 5.71 Å².